The molecule has 0 saturated carbocycles. The first-order valence-corrected chi connectivity index (χ1v) is 12.3. The van der Waals surface area contributed by atoms with E-state index in [0.717, 1.165) is 11.8 Å². The molecule has 2 fully saturated rings. The van der Waals surface area contributed by atoms with Crippen molar-refractivity contribution in [2.24, 2.45) is 0 Å². The molecule has 2 saturated heterocycles. The maximum Gasteiger partial charge on any atom is 0.417 e. The summed E-state index contributed by atoms with van der Waals surface area (Å²) in [5.41, 5.74) is -0.290. The highest BCUT2D eigenvalue weighted by Gasteiger charge is 2.36. The van der Waals surface area contributed by atoms with Gasteiger partial charge >= 0.3 is 12.3 Å². The van der Waals surface area contributed by atoms with Crippen molar-refractivity contribution in [1.82, 2.24) is 25.0 Å². The number of halogens is 3. The number of carbonyl (C=O) groups is 3. The molecule has 1 aromatic carbocycles. The molecular weight excluding hydrogens is 505 g/mol. The van der Waals surface area contributed by atoms with Gasteiger partial charge in [-0.05, 0) is 24.3 Å². The van der Waals surface area contributed by atoms with Crippen LogP contribution in [-0.2, 0) is 6.18 Å². The van der Waals surface area contributed by atoms with Crippen molar-refractivity contribution in [1.29, 1.82) is 0 Å². The third-order valence-corrected chi connectivity index (χ3v) is 6.73. The number of carboxylic acid groups (broad SMARTS) is 1. The van der Waals surface area contributed by atoms with Gasteiger partial charge in [0.05, 0.1) is 23.0 Å². The van der Waals surface area contributed by atoms with Gasteiger partial charge in [0, 0.05) is 65.4 Å². The molecule has 10 nitrogen and oxygen atoms in total. The van der Waals surface area contributed by atoms with Crippen LogP contribution in [-0.4, -0.2) is 108 Å². The number of rotatable bonds is 6. The van der Waals surface area contributed by atoms with Crippen molar-refractivity contribution in [2.75, 3.05) is 70.3 Å². The number of hydrogen-bond donors (Lipinski definition) is 2. The van der Waals surface area contributed by atoms with E-state index in [-0.39, 0.29) is 30.3 Å². The summed E-state index contributed by atoms with van der Waals surface area (Å²) in [6.07, 6.45) is -3.96. The van der Waals surface area contributed by atoms with Gasteiger partial charge in [0.1, 0.15) is 5.69 Å². The highest BCUT2D eigenvalue weighted by Crippen LogP contribution is 2.32. The molecule has 0 radical (unpaired) electrons. The van der Waals surface area contributed by atoms with Crippen LogP contribution in [0.3, 0.4) is 0 Å². The van der Waals surface area contributed by atoms with Gasteiger partial charge in [0.15, 0.2) is 0 Å². The monoisotopic (exact) mass is 534 g/mol. The molecule has 3 amide bonds. The van der Waals surface area contributed by atoms with E-state index in [1.54, 1.807) is 18.3 Å². The molecule has 38 heavy (non-hydrogen) atoms. The lowest BCUT2D eigenvalue weighted by atomic mass is 10.1. The van der Waals surface area contributed by atoms with Crippen LogP contribution < -0.4 is 10.2 Å². The van der Waals surface area contributed by atoms with E-state index in [1.165, 1.54) is 28.0 Å². The topological polar surface area (TPSA) is 109 Å². The first-order chi connectivity index (χ1) is 18.1. The Balaban J connectivity index is 1.24. The van der Waals surface area contributed by atoms with Crippen molar-refractivity contribution >= 4 is 23.6 Å². The van der Waals surface area contributed by atoms with Crippen LogP contribution in [0.1, 0.15) is 26.4 Å². The third-order valence-electron chi connectivity index (χ3n) is 6.73. The van der Waals surface area contributed by atoms with Gasteiger partial charge < -0.3 is 25.1 Å². The average molecular weight is 535 g/mol. The lowest BCUT2D eigenvalue weighted by Gasteiger charge is -2.36. The summed E-state index contributed by atoms with van der Waals surface area (Å²) >= 11 is 0. The zero-order valence-electron chi connectivity index (χ0n) is 20.7. The Morgan fingerprint density at radius 3 is 2.16 bits per heavy atom. The number of nitrogens with one attached hydrogen (secondary N) is 1. The molecule has 0 unspecified atom stereocenters. The Kier molecular flexibility index (Phi) is 8.35. The van der Waals surface area contributed by atoms with Crippen LogP contribution in [0.5, 0.6) is 0 Å². The van der Waals surface area contributed by atoms with E-state index < -0.39 is 23.7 Å². The molecule has 2 aliphatic rings. The molecule has 0 spiro atoms. The van der Waals surface area contributed by atoms with E-state index in [0.29, 0.717) is 52.4 Å². The van der Waals surface area contributed by atoms with Crippen LogP contribution >= 0.6 is 0 Å². The van der Waals surface area contributed by atoms with E-state index in [4.69, 9.17) is 5.11 Å². The van der Waals surface area contributed by atoms with Crippen molar-refractivity contribution in [3.63, 3.8) is 0 Å². The number of alkyl halides is 3. The van der Waals surface area contributed by atoms with Crippen LogP contribution in [0, 0.1) is 0 Å². The minimum absolute atomic E-state index is 0.252. The number of carbonyl (C=O) groups excluding carboxylic acids is 2. The predicted molar refractivity (Wildman–Crippen MR) is 132 cm³/mol. The van der Waals surface area contributed by atoms with Crippen molar-refractivity contribution in [2.45, 2.75) is 6.18 Å². The number of benzene rings is 1. The fourth-order valence-corrected chi connectivity index (χ4v) is 4.54. The summed E-state index contributed by atoms with van der Waals surface area (Å²) < 4.78 is 39.9. The molecule has 1 aromatic heterocycles. The number of anilines is 1. The molecule has 0 bridgehead atoms. The summed E-state index contributed by atoms with van der Waals surface area (Å²) in [4.78, 5) is 47.3. The van der Waals surface area contributed by atoms with Gasteiger partial charge in [0.25, 0.3) is 11.8 Å². The average Bonchev–Trinajstić information content (AvgIpc) is 2.92. The molecule has 2 aromatic rings. The second-order valence-corrected chi connectivity index (χ2v) is 9.09. The van der Waals surface area contributed by atoms with E-state index >= 15 is 0 Å². The quantitative estimate of drug-likeness (QED) is 0.584. The molecule has 2 N–H and O–H groups in total. The second kappa shape index (κ2) is 11.7. The number of amides is 3. The normalized spacial score (nSPS) is 16.9. The van der Waals surface area contributed by atoms with Crippen LogP contribution in [0.2, 0.25) is 0 Å². The van der Waals surface area contributed by atoms with Crippen molar-refractivity contribution in [3.05, 3.63) is 59.4 Å². The van der Waals surface area contributed by atoms with Gasteiger partial charge in [-0.15, -0.1) is 0 Å². The Morgan fingerprint density at radius 1 is 0.895 bits per heavy atom. The Labute approximate surface area is 217 Å². The molecular formula is C25H29F3N6O4. The number of piperazine rings is 2. The minimum atomic E-state index is -4.61. The number of pyridine rings is 1. The number of hydrogen-bond acceptors (Lipinski definition) is 6. The SMILES string of the molecule is O=C(NCCN1CCN(C(=O)O)CC1)c1ccc(N2CCN(C(=O)c3ccccc3C(F)(F)F)CC2)cn1. The summed E-state index contributed by atoms with van der Waals surface area (Å²) in [6, 6.07) is 8.15. The van der Waals surface area contributed by atoms with Gasteiger partial charge in [-0.25, -0.2) is 9.78 Å². The Bertz CT molecular complexity index is 1140. The van der Waals surface area contributed by atoms with Gasteiger partial charge in [-0.2, -0.15) is 13.2 Å². The fourth-order valence-electron chi connectivity index (χ4n) is 4.54. The predicted octanol–water partition coefficient (Wildman–Crippen LogP) is 2.09. The van der Waals surface area contributed by atoms with E-state index in [9.17, 15) is 27.6 Å². The molecule has 2 aliphatic heterocycles. The summed E-state index contributed by atoms with van der Waals surface area (Å²) in [5, 5.41) is 11.8. The minimum Gasteiger partial charge on any atom is -0.465 e. The number of nitrogens with zero attached hydrogens (tertiary/aromatic N) is 5. The molecule has 3 heterocycles. The van der Waals surface area contributed by atoms with E-state index in [2.05, 4.69) is 15.2 Å². The van der Waals surface area contributed by atoms with E-state index in [1.807, 2.05) is 4.90 Å². The van der Waals surface area contributed by atoms with Gasteiger partial charge in [0.2, 0.25) is 0 Å². The maximum atomic E-state index is 13.3. The van der Waals surface area contributed by atoms with Gasteiger partial charge in [-0.1, -0.05) is 12.1 Å². The molecule has 13 heteroatoms. The summed E-state index contributed by atoms with van der Waals surface area (Å²) in [7, 11) is 0. The zero-order valence-corrected chi connectivity index (χ0v) is 20.7. The first-order valence-electron chi connectivity index (χ1n) is 12.3. The van der Waals surface area contributed by atoms with Crippen molar-refractivity contribution < 1.29 is 32.7 Å². The van der Waals surface area contributed by atoms with Gasteiger partial charge in [-0.3, -0.25) is 14.5 Å². The lowest BCUT2D eigenvalue weighted by molar-refractivity contribution is -0.138. The lowest BCUT2D eigenvalue weighted by Crippen LogP contribution is -2.49. The molecule has 4 rings (SSSR count). The van der Waals surface area contributed by atoms with Crippen molar-refractivity contribution in [3.8, 4) is 0 Å². The Hall–Kier alpha value is -3.87. The largest absolute Gasteiger partial charge is 0.465 e. The zero-order chi connectivity index (χ0) is 27.3. The highest BCUT2D eigenvalue weighted by molar-refractivity contribution is 5.96. The highest BCUT2D eigenvalue weighted by atomic mass is 19.4. The van der Waals surface area contributed by atoms with Crippen LogP contribution in [0.15, 0.2) is 42.6 Å². The first kappa shape index (κ1) is 27.2. The number of aromatic nitrogens is 1. The third kappa shape index (κ3) is 6.52. The van der Waals surface area contributed by atoms with Crippen LogP contribution in [0.4, 0.5) is 23.7 Å². The summed E-state index contributed by atoms with van der Waals surface area (Å²) in [5.74, 6) is -0.967. The van der Waals surface area contributed by atoms with Crippen LogP contribution in [0.25, 0.3) is 0 Å². The molecule has 204 valence electrons. The Morgan fingerprint density at radius 2 is 1.55 bits per heavy atom. The molecule has 0 atom stereocenters. The molecule has 0 aliphatic carbocycles. The maximum absolute atomic E-state index is 13.3. The fraction of sp³-hybridized carbons (Fsp3) is 0.440. The smallest absolute Gasteiger partial charge is 0.417 e. The summed E-state index contributed by atoms with van der Waals surface area (Å²) in [6.45, 7) is 4.47. The second-order valence-electron chi connectivity index (χ2n) is 9.09. The standard InChI is InChI=1S/C25H29F3N6O4/c26-25(27,28)20-4-2-1-3-19(20)23(36)33-15-13-32(14-16-33)18-5-6-21(30-17-18)22(35)29-7-8-31-9-11-34(12-10-31)24(37)38/h1-6,17H,7-16H2,(H,29,35)(H,37,38).